The minimum absolute atomic E-state index is 0.0216. The third-order valence-electron chi connectivity index (χ3n) is 4.19. The van der Waals surface area contributed by atoms with Gasteiger partial charge in [-0.25, -0.2) is 0 Å². The third kappa shape index (κ3) is 2.77. The number of hydrogen-bond acceptors (Lipinski definition) is 2. The second-order valence-electron chi connectivity index (χ2n) is 6.85. The van der Waals surface area contributed by atoms with E-state index in [9.17, 15) is 5.11 Å². The molecule has 0 spiro atoms. The van der Waals surface area contributed by atoms with Crippen molar-refractivity contribution in [2.75, 3.05) is 7.11 Å². The molecular formula is C21H22O2. The smallest absolute Gasteiger partial charge is 0.130 e. The average Bonchev–Trinajstić information content (AvgIpc) is 2.53. The second-order valence-corrected chi connectivity index (χ2v) is 6.85. The van der Waals surface area contributed by atoms with Crippen molar-refractivity contribution in [3.05, 3.63) is 60.2 Å². The van der Waals surface area contributed by atoms with Crippen molar-refractivity contribution in [1.82, 2.24) is 0 Å². The van der Waals surface area contributed by atoms with Gasteiger partial charge >= 0.3 is 0 Å². The molecule has 0 atom stereocenters. The number of benzene rings is 3. The van der Waals surface area contributed by atoms with E-state index in [1.165, 1.54) is 5.56 Å². The van der Waals surface area contributed by atoms with Crippen molar-refractivity contribution in [3.8, 4) is 22.6 Å². The number of fused-ring (bicyclic) bond motifs is 1. The molecule has 2 nitrogen and oxygen atoms in total. The van der Waals surface area contributed by atoms with Crippen LogP contribution in [0.5, 0.6) is 11.5 Å². The minimum atomic E-state index is -0.0216. The first kappa shape index (κ1) is 15.4. The number of phenolic OH excluding ortho intramolecular Hbond substituents is 1. The molecule has 0 aliphatic carbocycles. The molecule has 0 aliphatic heterocycles. The topological polar surface area (TPSA) is 29.5 Å². The van der Waals surface area contributed by atoms with Crippen molar-refractivity contribution in [1.29, 1.82) is 0 Å². The molecule has 23 heavy (non-hydrogen) atoms. The van der Waals surface area contributed by atoms with Crippen LogP contribution >= 0.6 is 0 Å². The lowest BCUT2D eigenvalue weighted by Gasteiger charge is -2.23. The highest BCUT2D eigenvalue weighted by Crippen LogP contribution is 2.42. The number of aromatic hydroxyl groups is 1. The molecule has 0 fully saturated rings. The maximum absolute atomic E-state index is 10.6. The quantitative estimate of drug-likeness (QED) is 0.675. The van der Waals surface area contributed by atoms with Crippen molar-refractivity contribution in [2.45, 2.75) is 26.2 Å². The molecule has 0 amide bonds. The summed E-state index contributed by atoms with van der Waals surface area (Å²) in [5.74, 6) is 0.953. The molecular weight excluding hydrogens is 284 g/mol. The first-order valence-corrected chi connectivity index (χ1v) is 7.81. The van der Waals surface area contributed by atoms with Gasteiger partial charge < -0.3 is 9.84 Å². The largest absolute Gasteiger partial charge is 0.507 e. The van der Waals surface area contributed by atoms with Crippen molar-refractivity contribution >= 4 is 10.8 Å². The van der Waals surface area contributed by atoms with Gasteiger partial charge in [0.15, 0.2) is 0 Å². The van der Waals surface area contributed by atoms with Crippen LogP contribution < -0.4 is 4.74 Å². The molecule has 3 aromatic carbocycles. The fourth-order valence-corrected chi connectivity index (χ4v) is 3.05. The van der Waals surface area contributed by atoms with Crippen LogP contribution in [-0.4, -0.2) is 12.2 Å². The van der Waals surface area contributed by atoms with E-state index in [0.717, 1.165) is 21.9 Å². The van der Waals surface area contributed by atoms with Crippen LogP contribution in [0.2, 0.25) is 0 Å². The van der Waals surface area contributed by atoms with E-state index in [4.69, 9.17) is 4.74 Å². The fourth-order valence-electron chi connectivity index (χ4n) is 3.05. The Morgan fingerprint density at radius 2 is 1.57 bits per heavy atom. The van der Waals surface area contributed by atoms with Gasteiger partial charge in [0.05, 0.1) is 12.5 Å². The Balaban J connectivity index is 2.38. The van der Waals surface area contributed by atoms with Crippen LogP contribution in [-0.2, 0) is 5.41 Å². The van der Waals surface area contributed by atoms with E-state index in [1.807, 2.05) is 30.3 Å². The zero-order valence-corrected chi connectivity index (χ0v) is 14.1. The Labute approximate surface area is 137 Å². The summed E-state index contributed by atoms with van der Waals surface area (Å²) in [4.78, 5) is 0. The lowest BCUT2D eigenvalue weighted by molar-refractivity contribution is 0.415. The Morgan fingerprint density at radius 3 is 2.17 bits per heavy atom. The molecule has 0 saturated heterocycles. The summed E-state index contributed by atoms with van der Waals surface area (Å²) in [7, 11) is 1.64. The van der Waals surface area contributed by atoms with Crippen LogP contribution in [0.25, 0.3) is 21.9 Å². The van der Waals surface area contributed by atoms with E-state index in [0.29, 0.717) is 5.75 Å². The highest BCUT2D eigenvalue weighted by Gasteiger charge is 2.20. The standard InChI is InChI=1S/C21H22O2/c1-21(2,3)17-10-11-19(23-4)20-16(17)12-15(13-18(20)22)14-8-6-5-7-9-14/h5-13,22H,1-4H3. The SMILES string of the molecule is COc1ccc(C(C)(C)C)c2cc(-c3ccccc3)cc(O)c12. The molecule has 3 aromatic rings. The van der Waals surface area contributed by atoms with Crippen molar-refractivity contribution in [3.63, 3.8) is 0 Å². The monoisotopic (exact) mass is 306 g/mol. The second kappa shape index (κ2) is 5.62. The summed E-state index contributed by atoms with van der Waals surface area (Å²) in [6.07, 6.45) is 0. The van der Waals surface area contributed by atoms with Gasteiger partial charge in [0.1, 0.15) is 11.5 Å². The van der Waals surface area contributed by atoms with E-state index in [2.05, 4.69) is 45.0 Å². The molecule has 0 bridgehead atoms. The first-order valence-electron chi connectivity index (χ1n) is 7.81. The summed E-state index contributed by atoms with van der Waals surface area (Å²) in [6.45, 7) is 6.54. The summed E-state index contributed by atoms with van der Waals surface area (Å²) in [5, 5.41) is 12.5. The molecule has 0 aliphatic rings. The lowest BCUT2D eigenvalue weighted by Crippen LogP contribution is -2.11. The van der Waals surface area contributed by atoms with E-state index < -0.39 is 0 Å². The molecule has 118 valence electrons. The predicted molar refractivity (Wildman–Crippen MR) is 96.3 cm³/mol. The summed E-state index contributed by atoms with van der Waals surface area (Å²) in [6, 6.07) is 18.1. The zero-order chi connectivity index (χ0) is 16.6. The Bertz CT molecular complexity index is 843. The highest BCUT2D eigenvalue weighted by atomic mass is 16.5. The van der Waals surface area contributed by atoms with Gasteiger partial charge in [-0.2, -0.15) is 0 Å². The van der Waals surface area contributed by atoms with E-state index in [1.54, 1.807) is 7.11 Å². The Hall–Kier alpha value is -2.48. The molecule has 0 heterocycles. The van der Waals surface area contributed by atoms with Crippen LogP contribution in [0.15, 0.2) is 54.6 Å². The third-order valence-corrected chi connectivity index (χ3v) is 4.19. The number of phenols is 1. The molecule has 0 radical (unpaired) electrons. The molecule has 0 unspecified atom stereocenters. The van der Waals surface area contributed by atoms with Gasteiger partial charge in [0, 0.05) is 0 Å². The number of ether oxygens (including phenoxy) is 1. The molecule has 3 rings (SSSR count). The van der Waals surface area contributed by atoms with Gasteiger partial charge in [-0.05, 0) is 45.7 Å². The van der Waals surface area contributed by atoms with Gasteiger partial charge in [-0.1, -0.05) is 57.2 Å². The maximum atomic E-state index is 10.6. The van der Waals surface area contributed by atoms with Crippen LogP contribution in [0.1, 0.15) is 26.3 Å². The van der Waals surface area contributed by atoms with Gasteiger partial charge in [0.2, 0.25) is 0 Å². The summed E-state index contributed by atoms with van der Waals surface area (Å²) < 4.78 is 5.46. The Morgan fingerprint density at radius 1 is 0.870 bits per heavy atom. The number of methoxy groups -OCH3 is 1. The lowest BCUT2D eigenvalue weighted by atomic mass is 9.82. The average molecular weight is 306 g/mol. The molecule has 2 heteroatoms. The maximum Gasteiger partial charge on any atom is 0.130 e. The molecule has 0 aromatic heterocycles. The van der Waals surface area contributed by atoms with Crippen LogP contribution in [0.4, 0.5) is 0 Å². The molecule has 1 N–H and O–H groups in total. The van der Waals surface area contributed by atoms with E-state index >= 15 is 0 Å². The van der Waals surface area contributed by atoms with E-state index in [-0.39, 0.29) is 11.2 Å². The predicted octanol–water partition coefficient (Wildman–Crippen LogP) is 5.52. The minimum Gasteiger partial charge on any atom is -0.507 e. The zero-order valence-electron chi connectivity index (χ0n) is 14.1. The highest BCUT2D eigenvalue weighted by molar-refractivity contribution is 5.99. The van der Waals surface area contributed by atoms with Crippen molar-refractivity contribution < 1.29 is 9.84 Å². The van der Waals surface area contributed by atoms with Crippen LogP contribution in [0, 0.1) is 0 Å². The Kier molecular flexibility index (Phi) is 3.77. The summed E-state index contributed by atoms with van der Waals surface area (Å²) in [5.41, 5.74) is 3.27. The number of rotatable bonds is 2. The van der Waals surface area contributed by atoms with Gasteiger partial charge in [-0.15, -0.1) is 0 Å². The van der Waals surface area contributed by atoms with Crippen molar-refractivity contribution in [2.24, 2.45) is 0 Å². The van der Waals surface area contributed by atoms with Crippen LogP contribution in [0.3, 0.4) is 0 Å². The fraction of sp³-hybridized carbons (Fsp3) is 0.238. The molecule has 0 saturated carbocycles. The summed E-state index contributed by atoms with van der Waals surface area (Å²) >= 11 is 0. The normalized spacial score (nSPS) is 11.7. The number of hydrogen-bond donors (Lipinski definition) is 1. The van der Waals surface area contributed by atoms with Gasteiger partial charge in [-0.3, -0.25) is 0 Å². The first-order chi connectivity index (χ1) is 10.9. The van der Waals surface area contributed by atoms with Gasteiger partial charge in [0.25, 0.3) is 0 Å².